The molecule has 24 heavy (non-hydrogen) atoms. The lowest BCUT2D eigenvalue weighted by molar-refractivity contribution is -0.129. The molecule has 0 radical (unpaired) electrons. The van der Waals surface area contributed by atoms with Gasteiger partial charge in [0, 0.05) is 25.2 Å². The minimum absolute atomic E-state index is 0.0233. The number of benzene rings is 1. The minimum Gasteiger partial charge on any atom is -0.343 e. The van der Waals surface area contributed by atoms with Crippen LogP contribution in [0.3, 0.4) is 0 Å². The normalized spacial score (nSPS) is 11.2. The van der Waals surface area contributed by atoms with Crippen LogP contribution in [0.4, 0.5) is 0 Å². The average molecular weight is 355 g/mol. The number of hydrogen-bond donors (Lipinski definition) is 2. The first-order chi connectivity index (χ1) is 11.3. The van der Waals surface area contributed by atoms with Gasteiger partial charge in [-0.15, -0.1) is 0 Å². The summed E-state index contributed by atoms with van der Waals surface area (Å²) in [7, 11) is -3.64. The Morgan fingerprint density at radius 1 is 1.12 bits per heavy atom. The molecule has 7 nitrogen and oxygen atoms in total. The third kappa shape index (κ3) is 5.04. The van der Waals surface area contributed by atoms with Gasteiger partial charge in [-0.05, 0) is 38.5 Å². The average Bonchev–Trinajstić information content (AvgIpc) is 2.53. The Labute approximate surface area is 143 Å². The molecule has 0 bridgehead atoms. The van der Waals surface area contributed by atoms with Gasteiger partial charge in [0.2, 0.25) is 15.9 Å². The Kier molecular flexibility index (Phi) is 7.37. The van der Waals surface area contributed by atoms with Crippen LogP contribution in [0.15, 0.2) is 23.1 Å². The number of carbonyl (C=O) groups excluding carboxylic acids is 2. The number of amides is 2. The number of sulfonamides is 1. The van der Waals surface area contributed by atoms with Gasteiger partial charge >= 0.3 is 0 Å². The molecule has 0 aliphatic heterocycles. The molecule has 0 unspecified atom stereocenters. The molecule has 1 aromatic rings. The SMILES string of the molecule is CCNS(=O)(=O)c1ccc(C)c(C(=O)NCC(=O)N(CC)CC)c1. The maximum atomic E-state index is 12.3. The molecule has 0 aromatic heterocycles. The molecule has 0 fully saturated rings. The van der Waals surface area contributed by atoms with E-state index in [1.54, 1.807) is 24.8 Å². The summed E-state index contributed by atoms with van der Waals surface area (Å²) in [6.45, 7) is 8.40. The van der Waals surface area contributed by atoms with Crippen molar-refractivity contribution in [2.75, 3.05) is 26.2 Å². The first-order valence-electron chi connectivity index (χ1n) is 7.93. The van der Waals surface area contributed by atoms with Crippen LogP contribution in [0, 0.1) is 6.92 Å². The third-order valence-corrected chi connectivity index (χ3v) is 5.16. The predicted octanol–water partition coefficient (Wildman–Crippen LogP) is 0.891. The lowest BCUT2D eigenvalue weighted by Gasteiger charge is -2.19. The summed E-state index contributed by atoms with van der Waals surface area (Å²) >= 11 is 0. The fraction of sp³-hybridized carbons (Fsp3) is 0.500. The highest BCUT2D eigenvalue weighted by atomic mass is 32.2. The van der Waals surface area contributed by atoms with Gasteiger partial charge in [-0.25, -0.2) is 13.1 Å². The molecule has 0 aliphatic carbocycles. The standard InChI is InChI=1S/C16H25N3O4S/c1-5-18-24(22,23)13-9-8-12(4)14(10-13)16(21)17-11-15(20)19(6-2)7-3/h8-10,18H,5-7,11H2,1-4H3,(H,17,21). The summed E-state index contributed by atoms with van der Waals surface area (Å²) in [5, 5.41) is 2.55. The van der Waals surface area contributed by atoms with E-state index in [9.17, 15) is 18.0 Å². The van der Waals surface area contributed by atoms with Gasteiger partial charge in [-0.2, -0.15) is 0 Å². The smallest absolute Gasteiger partial charge is 0.252 e. The second-order valence-corrected chi connectivity index (χ2v) is 6.99. The first-order valence-corrected chi connectivity index (χ1v) is 9.41. The van der Waals surface area contributed by atoms with E-state index in [0.717, 1.165) is 0 Å². The van der Waals surface area contributed by atoms with Crippen LogP contribution in [0.2, 0.25) is 0 Å². The summed E-state index contributed by atoms with van der Waals surface area (Å²) in [4.78, 5) is 25.9. The van der Waals surface area contributed by atoms with Crippen LogP contribution >= 0.6 is 0 Å². The van der Waals surface area contributed by atoms with E-state index in [2.05, 4.69) is 10.0 Å². The number of nitrogens with zero attached hydrogens (tertiary/aromatic N) is 1. The fourth-order valence-corrected chi connectivity index (χ4v) is 3.29. The van der Waals surface area contributed by atoms with Crippen molar-refractivity contribution >= 4 is 21.8 Å². The van der Waals surface area contributed by atoms with E-state index >= 15 is 0 Å². The van der Waals surface area contributed by atoms with Crippen LogP contribution in [-0.4, -0.2) is 51.3 Å². The molecule has 1 rings (SSSR count). The second-order valence-electron chi connectivity index (χ2n) is 5.23. The van der Waals surface area contributed by atoms with Crippen LogP contribution in [0.1, 0.15) is 36.7 Å². The Bertz CT molecular complexity index is 697. The van der Waals surface area contributed by atoms with Crippen molar-refractivity contribution in [1.29, 1.82) is 0 Å². The molecule has 0 saturated carbocycles. The zero-order chi connectivity index (χ0) is 18.3. The molecule has 134 valence electrons. The van der Waals surface area contributed by atoms with Crippen molar-refractivity contribution in [3.8, 4) is 0 Å². The summed E-state index contributed by atoms with van der Waals surface area (Å²) < 4.78 is 26.5. The quantitative estimate of drug-likeness (QED) is 0.724. The zero-order valence-electron chi connectivity index (χ0n) is 14.5. The number of likely N-dealkylation sites (N-methyl/N-ethyl adjacent to an activating group) is 1. The molecule has 0 heterocycles. The summed E-state index contributed by atoms with van der Waals surface area (Å²) in [6, 6.07) is 4.35. The maximum absolute atomic E-state index is 12.3. The maximum Gasteiger partial charge on any atom is 0.252 e. The Balaban J connectivity index is 2.93. The summed E-state index contributed by atoms with van der Waals surface area (Å²) in [5.74, 6) is -0.649. The molecule has 0 saturated heterocycles. The van der Waals surface area contributed by atoms with Gasteiger partial charge in [0.15, 0.2) is 0 Å². The summed E-state index contributed by atoms with van der Waals surface area (Å²) in [5.41, 5.74) is 0.875. The van der Waals surface area contributed by atoms with Gasteiger partial charge in [-0.3, -0.25) is 9.59 Å². The number of carbonyl (C=O) groups is 2. The van der Waals surface area contributed by atoms with Crippen molar-refractivity contribution in [2.45, 2.75) is 32.6 Å². The van der Waals surface area contributed by atoms with Crippen molar-refractivity contribution in [3.05, 3.63) is 29.3 Å². The van der Waals surface area contributed by atoms with Crippen LogP contribution in [0.5, 0.6) is 0 Å². The van der Waals surface area contributed by atoms with Gasteiger partial charge in [0.05, 0.1) is 11.4 Å². The highest BCUT2D eigenvalue weighted by Crippen LogP contribution is 2.15. The van der Waals surface area contributed by atoms with Crippen molar-refractivity contribution in [3.63, 3.8) is 0 Å². The van der Waals surface area contributed by atoms with E-state index in [1.165, 1.54) is 12.1 Å². The number of hydrogen-bond acceptors (Lipinski definition) is 4. The number of nitrogens with one attached hydrogen (secondary N) is 2. The van der Waals surface area contributed by atoms with Crippen LogP contribution in [-0.2, 0) is 14.8 Å². The van der Waals surface area contributed by atoms with Crippen molar-refractivity contribution < 1.29 is 18.0 Å². The third-order valence-electron chi connectivity index (χ3n) is 3.61. The lowest BCUT2D eigenvalue weighted by Crippen LogP contribution is -2.40. The largest absolute Gasteiger partial charge is 0.343 e. The number of aryl methyl sites for hydroxylation is 1. The molecule has 0 aliphatic rings. The van der Waals surface area contributed by atoms with E-state index in [0.29, 0.717) is 18.7 Å². The Morgan fingerprint density at radius 3 is 2.29 bits per heavy atom. The van der Waals surface area contributed by atoms with Crippen molar-refractivity contribution in [2.24, 2.45) is 0 Å². The predicted molar refractivity (Wildman–Crippen MR) is 92.3 cm³/mol. The topological polar surface area (TPSA) is 95.6 Å². The Morgan fingerprint density at radius 2 is 1.75 bits per heavy atom. The zero-order valence-corrected chi connectivity index (χ0v) is 15.4. The Hall–Kier alpha value is -1.93. The minimum atomic E-state index is -3.64. The van der Waals surface area contributed by atoms with Crippen LogP contribution < -0.4 is 10.0 Å². The molecular weight excluding hydrogens is 330 g/mol. The van der Waals surface area contributed by atoms with E-state index in [-0.39, 0.29) is 29.5 Å². The van der Waals surface area contributed by atoms with E-state index in [1.807, 2.05) is 13.8 Å². The van der Waals surface area contributed by atoms with Gasteiger partial charge in [0.25, 0.3) is 5.91 Å². The molecule has 0 atom stereocenters. The van der Waals surface area contributed by atoms with E-state index < -0.39 is 15.9 Å². The molecule has 2 amide bonds. The number of rotatable bonds is 8. The molecule has 8 heteroatoms. The summed E-state index contributed by atoms with van der Waals surface area (Å²) in [6.07, 6.45) is 0. The molecule has 1 aromatic carbocycles. The molecular formula is C16H25N3O4S. The van der Waals surface area contributed by atoms with Crippen molar-refractivity contribution in [1.82, 2.24) is 14.9 Å². The van der Waals surface area contributed by atoms with Crippen LogP contribution in [0.25, 0.3) is 0 Å². The first kappa shape index (κ1) is 20.1. The fourth-order valence-electron chi connectivity index (χ4n) is 2.23. The highest BCUT2D eigenvalue weighted by Gasteiger charge is 2.18. The second kappa shape index (κ2) is 8.79. The van der Waals surface area contributed by atoms with Gasteiger partial charge in [-0.1, -0.05) is 13.0 Å². The monoisotopic (exact) mass is 355 g/mol. The molecule has 2 N–H and O–H groups in total. The van der Waals surface area contributed by atoms with E-state index in [4.69, 9.17) is 0 Å². The van der Waals surface area contributed by atoms with Gasteiger partial charge < -0.3 is 10.2 Å². The highest BCUT2D eigenvalue weighted by molar-refractivity contribution is 7.89. The lowest BCUT2D eigenvalue weighted by atomic mass is 10.1. The molecule has 0 spiro atoms. The van der Waals surface area contributed by atoms with Gasteiger partial charge in [0.1, 0.15) is 0 Å².